The van der Waals surface area contributed by atoms with Crippen LogP contribution in [0.15, 0.2) is 24.3 Å². The van der Waals surface area contributed by atoms with E-state index in [4.69, 9.17) is 16.3 Å². The summed E-state index contributed by atoms with van der Waals surface area (Å²) in [6.07, 6.45) is -4.45. The first-order chi connectivity index (χ1) is 12.5. The van der Waals surface area contributed by atoms with Crippen molar-refractivity contribution in [2.24, 2.45) is 0 Å². The zero-order valence-electron chi connectivity index (χ0n) is 15.2. The molecule has 0 unspecified atom stereocenters. The summed E-state index contributed by atoms with van der Waals surface area (Å²) in [5, 5.41) is 0.181. The number of halogens is 4. The largest absolute Gasteiger partial charge is 0.416 e. The quantitative estimate of drug-likeness (QED) is 0.471. The molecule has 0 fully saturated rings. The molecule has 0 saturated heterocycles. The van der Waals surface area contributed by atoms with Gasteiger partial charge in [-0.15, -0.1) is 0 Å². The third kappa shape index (κ3) is 3.85. The van der Waals surface area contributed by atoms with Gasteiger partial charge in [0.25, 0.3) is 0 Å². The van der Waals surface area contributed by atoms with E-state index in [0.717, 1.165) is 12.1 Å². The second-order valence-corrected chi connectivity index (χ2v) is 12.4. The Morgan fingerprint density at radius 2 is 1.85 bits per heavy atom. The zero-order valence-corrected chi connectivity index (χ0v) is 17.0. The molecule has 27 heavy (non-hydrogen) atoms. The molecular formula is C17H18ClF3N4OSi. The van der Waals surface area contributed by atoms with Gasteiger partial charge < -0.3 is 4.74 Å². The van der Waals surface area contributed by atoms with Gasteiger partial charge >= 0.3 is 6.18 Å². The molecule has 0 aliphatic rings. The summed E-state index contributed by atoms with van der Waals surface area (Å²) >= 11 is 6.32. The normalized spacial score (nSPS) is 12.7. The van der Waals surface area contributed by atoms with E-state index in [1.54, 1.807) is 10.6 Å². The van der Waals surface area contributed by atoms with Gasteiger partial charge in [0.2, 0.25) is 0 Å². The second kappa shape index (κ2) is 6.88. The number of aromatic nitrogens is 4. The SMILES string of the molecule is COCn1c(-c2cccc(C(F)(F)F)c2)nc2c(Cl)nc([Si](C)(C)C)nc21. The first kappa shape index (κ1) is 19.8. The van der Waals surface area contributed by atoms with Gasteiger partial charge in [-0.25, -0.2) is 15.0 Å². The lowest BCUT2D eigenvalue weighted by molar-refractivity contribution is -0.137. The summed E-state index contributed by atoms with van der Waals surface area (Å²) in [7, 11) is -0.379. The maximum atomic E-state index is 13.1. The van der Waals surface area contributed by atoms with Gasteiger partial charge in [0.15, 0.2) is 10.8 Å². The van der Waals surface area contributed by atoms with Gasteiger partial charge in [-0.3, -0.25) is 4.57 Å². The number of rotatable bonds is 4. The maximum absolute atomic E-state index is 13.1. The van der Waals surface area contributed by atoms with Crippen LogP contribution in [0.1, 0.15) is 5.56 Å². The van der Waals surface area contributed by atoms with E-state index in [9.17, 15) is 13.2 Å². The maximum Gasteiger partial charge on any atom is 0.416 e. The summed E-state index contributed by atoms with van der Waals surface area (Å²) in [6.45, 7) is 6.31. The number of imidazole rings is 1. The lowest BCUT2D eigenvalue weighted by atomic mass is 10.1. The number of fused-ring (bicyclic) bond motifs is 1. The predicted octanol–water partition coefficient (Wildman–Crippen LogP) is 4.31. The first-order valence-electron chi connectivity index (χ1n) is 8.13. The van der Waals surface area contributed by atoms with E-state index in [2.05, 4.69) is 34.6 Å². The van der Waals surface area contributed by atoms with E-state index >= 15 is 0 Å². The van der Waals surface area contributed by atoms with Gasteiger partial charge in [-0.2, -0.15) is 13.2 Å². The van der Waals surface area contributed by atoms with E-state index in [1.807, 2.05) is 0 Å². The van der Waals surface area contributed by atoms with Crippen LogP contribution in [0.2, 0.25) is 24.8 Å². The van der Waals surface area contributed by atoms with Crippen molar-refractivity contribution < 1.29 is 17.9 Å². The van der Waals surface area contributed by atoms with Crippen molar-refractivity contribution in [3.05, 3.63) is 35.0 Å². The summed E-state index contributed by atoms with van der Waals surface area (Å²) in [5.41, 5.74) is 0.971. The third-order valence-corrected chi connectivity index (χ3v) is 5.76. The molecule has 2 heterocycles. The molecule has 1 aromatic carbocycles. The van der Waals surface area contributed by atoms with Crippen LogP contribution in [0.4, 0.5) is 13.2 Å². The Kier molecular flexibility index (Phi) is 5.04. The minimum Gasteiger partial charge on any atom is -0.364 e. The predicted molar refractivity (Wildman–Crippen MR) is 101 cm³/mol. The monoisotopic (exact) mass is 414 g/mol. The first-order valence-corrected chi connectivity index (χ1v) is 12.0. The molecule has 0 saturated carbocycles. The van der Waals surface area contributed by atoms with Crippen molar-refractivity contribution in [3.63, 3.8) is 0 Å². The Morgan fingerprint density at radius 3 is 2.44 bits per heavy atom. The molecule has 0 bridgehead atoms. The van der Waals surface area contributed by atoms with Gasteiger partial charge in [0.05, 0.1) is 5.56 Å². The molecule has 10 heteroatoms. The number of alkyl halides is 3. The van der Waals surface area contributed by atoms with Crippen LogP contribution in [0.25, 0.3) is 22.6 Å². The lowest BCUT2D eigenvalue weighted by Crippen LogP contribution is -2.42. The Labute approximate surface area is 160 Å². The van der Waals surface area contributed by atoms with Crippen LogP contribution in [-0.4, -0.2) is 34.7 Å². The van der Waals surface area contributed by atoms with Crippen LogP contribution in [0, 0.1) is 0 Å². The Morgan fingerprint density at radius 1 is 1.15 bits per heavy atom. The van der Waals surface area contributed by atoms with E-state index < -0.39 is 19.8 Å². The summed E-state index contributed by atoms with van der Waals surface area (Å²) < 4.78 is 46.1. The fraction of sp³-hybridized carbons (Fsp3) is 0.353. The summed E-state index contributed by atoms with van der Waals surface area (Å²) in [5.74, 6) is 0.293. The number of nitrogens with zero attached hydrogens (tertiary/aromatic N) is 4. The third-order valence-electron chi connectivity index (χ3n) is 3.93. The summed E-state index contributed by atoms with van der Waals surface area (Å²) in [6, 6.07) is 4.97. The molecule has 0 aliphatic heterocycles. The Hall–Kier alpha value is -1.97. The molecule has 0 atom stereocenters. The fourth-order valence-corrected chi connectivity index (χ4v) is 3.78. The second-order valence-electron chi connectivity index (χ2n) is 7.12. The number of methoxy groups -OCH3 is 1. The Bertz CT molecular complexity index is 998. The minimum absolute atomic E-state index is 0.0700. The number of benzene rings is 1. The zero-order chi connectivity index (χ0) is 20.0. The highest BCUT2D eigenvalue weighted by molar-refractivity contribution is 6.87. The topological polar surface area (TPSA) is 52.8 Å². The highest BCUT2D eigenvalue weighted by Crippen LogP contribution is 2.33. The average molecular weight is 415 g/mol. The molecule has 5 nitrogen and oxygen atoms in total. The van der Waals surface area contributed by atoms with Gasteiger partial charge in [0, 0.05) is 12.7 Å². The molecule has 3 rings (SSSR count). The number of ether oxygens (including phenoxy) is 1. The molecule has 0 N–H and O–H groups in total. The smallest absolute Gasteiger partial charge is 0.364 e. The highest BCUT2D eigenvalue weighted by atomic mass is 35.5. The van der Waals surface area contributed by atoms with Gasteiger partial charge in [0.1, 0.15) is 31.6 Å². The molecule has 3 aromatic rings. The minimum atomic E-state index is -4.45. The van der Waals surface area contributed by atoms with Crippen LogP contribution in [0.3, 0.4) is 0 Å². The van der Waals surface area contributed by atoms with Crippen LogP contribution < -0.4 is 5.45 Å². The van der Waals surface area contributed by atoms with Crippen molar-refractivity contribution in [2.45, 2.75) is 32.5 Å². The van der Waals surface area contributed by atoms with E-state index in [-0.39, 0.29) is 11.9 Å². The van der Waals surface area contributed by atoms with Gasteiger partial charge in [-0.1, -0.05) is 43.4 Å². The molecule has 0 aliphatic carbocycles. The average Bonchev–Trinajstić information content (AvgIpc) is 2.93. The molecular weight excluding hydrogens is 397 g/mol. The van der Waals surface area contributed by atoms with Crippen LogP contribution >= 0.6 is 11.6 Å². The van der Waals surface area contributed by atoms with Crippen molar-refractivity contribution in [3.8, 4) is 11.4 Å². The van der Waals surface area contributed by atoms with Crippen molar-refractivity contribution >= 4 is 36.3 Å². The van der Waals surface area contributed by atoms with E-state index in [1.165, 1.54) is 13.2 Å². The van der Waals surface area contributed by atoms with Crippen molar-refractivity contribution in [2.75, 3.05) is 7.11 Å². The fourth-order valence-electron chi connectivity index (χ4n) is 2.61. The molecule has 0 amide bonds. The standard InChI is InChI=1S/C17H18ClF3N4OSi/c1-26-9-25-14(10-6-5-7-11(8-10)17(19,20)21)22-12-13(18)23-16(24-15(12)25)27(2,3)4/h5-8H,9H2,1-4H3. The molecule has 144 valence electrons. The lowest BCUT2D eigenvalue weighted by Gasteiger charge is -2.15. The van der Waals surface area contributed by atoms with Gasteiger partial charge in [-0.05, 0) is 12.1 Å². The molecule has 2 aromatic heterocycles. The van der Waals surface area contributed by atoms with Crippen molar-refractivity contribution in [1.82, 2.24) is 19.5 Å². The Balaban J connectivity index is 2.28. The number of hydrogen-bond acceptors (Lipinski definition) is 4. The van der Waals surface area contributed by atoms with Crippen molar-refractivity contribution in [1.29, 1.82) is 0 Å². The molecule has 0 radical (unpaired) electrons. The molecule has 0 spiro atoms. The number of hydrogen-bond donors (Lipinski definition) is 0. The van der Waals surface area contributed by atoms with Crippen LogP contribution in [0.5, 0.6) is 0 Å². The highest BCUT2D eigenvalue weighted by Gasteiger charge is 2.31. The van der Waals surface area contributed by atoms with E-state index in [0.29, 0.717) is 28.0 Å². The van der Waals surface area contributed by atoms with Crippen LogP contribution in [-0.2, 0) is 17.6 Å². The summed E-state index contributed by atoms with van der Waals surface area (Å²) in [4.78, 5) is 13.4.